The van der Waals surface area contributed by atoms with Gasteiger partial charge in [0.2, 0.25) is 0 Å². The highest BCUT2D eigenvalue weighted by Gasteiger charge is 2.36. The van der Waals surface area contributed by atoms with Crippen molar-refractivity contribution in [1.29, 1.82) is 0 Å². The first kappa shape index (κ1) is 22.8. The summed E-state index contributed by atoms with van der Waals surface area (Å²) in [5.41, 5.74) is -0.261. The van der Waals surface area contributed by atoms with Crippen LogP contribution in [0.5, 0.6) is 0 Å². The SMILES string of the molecule is CCC[C@@H](c1ccc(Cl)cc1C(F)(F)F)N1CCNCC1.Cl.Cl. The monoisotopic (exact) mass is 392 g/mol. The highest BCUT2D eigenvalue weighted by molar-refractivity contribution is 6.30. The van der Waals surface area contributed by atoms with E-state index in [9.17, 15) is 13.2 Å². The van der Waals surface area contributed by atoms with Gasteiger partial charge in [-0.25, -0.2) is 0 Å². The predicted octanol–water partition coefficient (Wildman–Crippen LogP) is 4.95. The molecule has 0 unspecified atom stereocenters. The van der Waals surface area contributed by atoms with Crippen molar-refractivity contribution >= 4 is 36.4 Å². The van der Waals surface area contributed by atoms with Crippen molar-refractivity contribution in [1.82, 2.24) is 10.2 Å². The van der Waals surface area contributed by atoms with Crippen LogP contribution in [0.3, 0.4) is 0 Å². The van der Waals surface area contributed by atoms with Gasteiger partial charge in [-0.2, -0.15) is 13.2 Å². The van der Waals surface area contributed by atoms with Crippen LogP contribution >= 0.6 is 36.4 Å². The largest absolute Gasteiger partial charge is 0.416 e. The Bertz CT molecular complexity index is 478. The van der Waals surface area contributed by atoms with E-state index in [1.54, 1.807) is 6.07 Å². The first-order chi connectivity index (χ1) is 9.93. The third kappa shape index (κ3) is 5.98. The number of nitrogens with one attached hydrogen (secondary N) is 1. The Morgan fingerprint density at radius 3 is 2.35 bits per heavy atom. The van der Waals surface area contributed by atoms with E-state index >= 15 is 0 Å². The molecule has 1 aliphatic heterocycles. The Morgan fingerprint density at radius 1 is 1.22 bits per heavy atom. The van der Waals surface area contributed by atoms with Crippen LogP contribution in [0.4, 0.5) is 13.2 Å². The van der Waals surface area contributed by atoms with Gasteiger partial charge in [0.1, 0.15) is 0 Å². The van der Waals surface area contributed by atoms with Crippen LogP contribution in [0.25, 0.3) is 0 Å². The van der Waals surface area contributed by atoms with E-state index in [2.05, 4.69) is 10.2 Å². The van der Waals surface area contributed by atoms with Gasteiger partial charge in [0.05, 0.1) is 5.56 Å². The second kappa shape index (κ2) is 9.94. The minimum absolute atomic E-state index is 0. The summed E-state index contributed by atoms with van der Waals surface area (Å²) >= 11 is 5.77. The van der Waals surface area contributed by atoms with E-state index in [1.165, 1.54) is 6.07 Å². The quantitative estimate of drug-likeness (QED) is 0.778. The zero-order valence-corrected chi connectivity index (χ0v) is 15.2. The molecule has 1 aromatic carbocycles. The Kier molecular flexibility index (Phi) is 9.86. The maximum Gasteiger partial charge on any atom is 0.416 e. The molecule has 0 spiro atoms. The maximum absolute atomic E-state index is 13.3. The van der Waals surface area contributed by atoms with Crippen LogP contribution in [0.1, 0.15) is 36.9 Å². The average molecular weight is 394 g/mol. The van der Waals surface area contributed by atoms with Gasteiger partial charge in [0, 0.05) is 37.2 Å². The molecule has 134 valence electrons. The van der Waals surface area contributed by atoms with Gasteiger partial charge >= 0.3 is 6.18 Å². The summed E-state index contributed by atoms with van der Waals surface area (Å²) in [6, 6.07) is 3.93. The molecule has 1 heterocycles. The lowest BCUT2D eigenvalue weighted by Gasteiger charge is -2.36. The van der Waals surface area contributed by atoms with Crippen molar-refractivity contribution in [3.8, 4) is 0 Å². The maximum atomic E-state index is 13.3. The lowest BCUT2D eigenvalue weighted by molar-refractivity contribution is -0.138. The molecule has 2 rings (SSSR count). The molecule has 8 heteroatoms. The Morgan fingerprint density at radius 2 is 1.83 bits per heavy atom. The van der Waals surface area contributed by atoms with Crippen molar-refractivity contribution in [2.24, 2.45) is 0 Å². The van der Waals surface area contributed by atoms with E-state index in [-0.39, 0.29) is 35.9 Å². The predicted molar refractivity (Wildman–Crippen MR) is 93.0 cm³/mol. The first-order valence-electron chi connectivity index (χ1n) is 7.25. The molecule has 23 heavy (non-hydrogen) atoms. The second-order valence-electron chi connectivity index (χ2n) is 5.32. The summed E-state index contributed by atoms with van der Waals surface area (Å²) in [5, 5.41) is 3.36. The van der Waals surface area contributed by atoms with Crippen LogP contribution in [0, 0.1) is 0 Å². The lowest BCUT2D eigenvalue weighted by atomic mass is 9.94. The highest BCUT2D eigenvalue weighted by atomic mass is 35.5. The van der Waals surface area contributed by atoms with Crippen LogP contribution < -0.4 is 5.32 Å². The fraction of sp³-hybridized carbons (Fsp3) is 0.600. The fourth-order valence-corrected chi connectivity index (χ4v) is 3.04. The van der Waals surface area contributed by atoms with Gasteiger partial charge in [0.15, 0.2) is 0 Å². The van der Waals surface area contributed by atoms with E-state index in [0.717, 1.165) is 38.7 Å². The molecule has 1 saturated heterocycles. The van der Waals surface area contributed by atoms with Crippen molar-refractivity contribution in [3.05, 3.63) is 34.3 Å². The van der Waals surface area contributed by atoms with Gasteiger partial charge < -0.3 is 5.32 Å². The molecule has 0 aromatic heterocycles. The highest BCUT2D eigenvalue weighted by Crippen LogP contribution is 2.39. The Hall–Kier alpha value is -0.200. The zero-order valence-electron chi connectivity index (χ0n) is 12.8. The Labute approximate surface area is 152 Å². The third-order valence-corrected chi connectivity index (χ3v) is 4.07. The number of piperazine rings is 1. The zero-order chi connectivity index (χ0) is 15.5. The van der Waals surface area contributed by atoms with Crippen molar-refractivity contribution in [2.45, 2.75) is 32.0 Å². The Balaban J connectivity index is 0.00000242. The number of halogens is 6. The molecule has 0 amide bonds. The summed E-state index contributed by atoms with van der Waals surface area (Å²) in [6.45, 7) is 5.16. The summed E-state index contributed by atoms with van der Waals surface area (Å²) < 4.78 is 39.9. The number of alkyl halides is 3. The van der Waals surface area contributed by atoms with Gasteiger partial charge in [-0.05, 0) is 24.1 Å². The molecule has 1 fully saturated rings. The lowest BCUT2D eigenvalue weighted by Crippen LogP contribution is -2.45. The van der Waals surface area contributed by atoms with Crippen LogP contribution in [0.2, 0.25) is 5.02 Å². The number of rotatable bonds is 4. The number of hydrogen-bond donors (Lipinski definition) is 1. The van der Waals surface area contributed by atoms with Crippen molar-refractivity contribution in [3.63, 3.8) is 0 Å². The van der Waals surface area contributed by atoms with E-state index in [1.807, 2.05) is 6.92 Å². The fourth-order valence-electron chi connectivity index (χ4n) is 2.87. The molecule has 0 bridgehead atoms. The van der Waals surface area contributed by atoms with Crippen LogP contribution in [-0.2, 0) is 6.18 Å². The van der Waals surface area contributed by atoms with Crippen molar-refractivity contribution < 1.29 is 13.2 Å². The number of benzene rings is 1. The summed E-state index contributed by atoms with van der Waals surface area (Å²) in [6.07, 6.45) is -2.82. The number of hydrogen-bond acceptors (Lipinski definition) is 2. The molecular weight excluding hydrogens is 372 g/mol. The second-order valence-corrected chi connectivity index (χ2v) is 5.76. The smallest absolute Gasteiger partial charge is 0.314 e. The molecule has 0 radical (unpaired) electrons. The third-order valence-electron chi connectivity index (χ3n) is 3.83. The number of nitrogens with zero attached hydrogens (tertiary/aromatic N) is 1. The first-order valence-corrected chi connectivity index (χ1v) is 7.62. The average Bonchev–Trinajstić information content (AvgIpc) is 2.45. The molecule has 0 aliphatic carbocycles. The van der Waals surface area contributed by atoms with E-state index in [0.29, 0.717) is 12.0 Å². The summed E-state index contributed by atoms with van der Waals surface area (Å²) in [5.74, 6) is 0. The van der Waals surface area contributed by atoms with E-state index < -0.39 is 11.7 Å². The molecule has 1 aromatic rings. The molecular formula is C15H22Cl3F3N2. The molecule has 1 atom stereocenters. The minimum Gasteiger partial charge on any atom is -0.314 e. The van der Waals surface area contributed by atoms with Gasteiger partial charge in [0.25, 0.3) is 0 Å². The molecule has 1 N–H and O–H groups in total. The van der Waals surface area contributed by atoms with Crippen LogP contribution in [-0.4, -0.2) is 31.1 Å². The molecule has 0 saturated carbocycles. The van der Waals surface area contributed by atoms with Gasteiger partial charge in [-0.1, -0.05) is 31.0 Å². The van der Waals surface area contributed by atoms with E-state index in [4.69, 9.17) is 11.6 Å². The topological polar surface area (TPSA) is 15.3 Å². The summed E-state index contributed by atoms with van der Waals surface area (Å²) in [7, 11) is 0. The summed E-state index contributed by atoms with van der Waals surface area (Å²) in [4.78, 5) is 2.14. The van der Waals surface area contributed by atoms with Gasteiger partial charge in [-0.15, -0.1) is 24.8 Å². The van der Waals surface area contributed by atoms with Crippen molar-refractivity contribution in [2.75, 3.05) is 26.2 Å². The standard InChI is InChI=1S/C15H20ClF3N2.2ClH/c1-2-3-14(21-8-6-20-7-9-21)12-5-4-11(16)10-13(12)15(17,18)19;;/h4-5,10,14,20H,2-3,6-9H2,1H3;2*1H/t14-;;/m0../s1. The molecule has 2 nitrogen and oxygen atoms in total. The van der Waals surface area contributed by atoms with Gasteiger partial charge in [-0.3, -0.25) is 4.90 Å². The molecule has 1 aliphatic rings. The normalized spacial score (nSPS) is 17.1. The van der Waals surface area contributed by atoms with Crippen LogP contribution in [0.15, 0.2) is 18.2 Å². The minimum atomic E-state index is -4.37.